The van der Waals surface area contributed by atoms with E-state index in [4.69, 9.17) is 9.47 Å². The van der Waals surface area contributed by atoms with Gasteiger partial charge in [0.05, 0.1) is 0 Å². The summed E-state index contributed by atoms with van der Waals surface area (Å²) >= 11 is 0. The molecule has 0 aromatic heterocycles. The Morgan fingerprint density at radius 1 is 1.11 bits per heavy atom. The lowest BCUT2D eigenvalue weighted by Crippen LogP contribution is -2.26. The maximum absolute atomic E-state index is 5.61. The van der Waals surface area contributed by atoms with Crippen molar-refractivity contribution in [1.82, 2.24) is 0 Å². The van der Waals surface area contributed by atoms with Crippen LogP contribution in [0, 0.1) is 5.92 Å². The van der Waals surface area contributed by atoms with Crippen LogP contribution in [-0.4, -0.2) is 19.3 Å². The molecule has 2 aliphatic rings. The van der Waals surface area contributed by atoms with Gasteiger partial charge in [0, 0.05) is 17.8 Å². The highest BCUT2D eigenvalue weighted by Crippen LogP contribution is 2.34. The maximum Gasteiger partial charge on any atom is 0.163 e. The third-order valence-electron chi connectivity index (χ3n) is 3.85. The van der Waals surface area contributed by atoms with Gasteiger partial charge in [-0.25, -0.2) is 0 Å². The Morgan fingerprint density at radius 2 is 1.94 bits per heavy atom. The quantitative estimate of drug-likeness (QED) is 0.868. The Balaban J connectivity index is 1.69. The Morgan fingerprint density at radius 3 is 2.78 bits per heavy atom. The molecule has 1 saturated carbocycles. The van der Waals surface area contributed by atoms with Crippen molar-refractivity contribution >= 4 is 5.69 Å². The van der Waals surface area contributed by atoms with Gasteiger partial charge in [0.25, 0.3) is 0 Å². The Labute approximate surface area is 108 Å². The van der Waals surface area contributed by atoms with Crippen molar-refractivity contribution in [1.29, 1.82) is 0 Å². The molecular weight excluding hydrogens is 226 g/mol. The molecule has 0 spiro atoms. The number of rotatable bonds is 2. The van der Waals surface area contributed by atoms with Gasteiger partial charge in [-0.3, -0.25) is 0 Å². The summed E-state index contributed by atoms with van der Waals surface area (Å²) in [5.41, 5.74) is 1.15. The molecule has 3 heteroatoms. The van der Waals surface area contributed by atoms with E-state index >= 15 is 0 Å². The maximum atomic E-state index is 5.61. The smallest absolute Gasteiger partial charge is 0.163 e. The summed E-state index contributed by atoms with van der Waals surface area (Å²) in [6.07, 6.45) is 5.26. The number of benzene rings is 1. The predicted octanol–water partition coefficient (Wildman–Crippen LogP) is 3.45. The Kier molecular flexibility index (Phi) is 3.31. The minimum Gasteiger partial charge on any atom is -0.486 e. The van der Waals surface area contributed by atoms with E-state index in [1.54, 1.807) is 0 Å². The Bertz CT molecular complexity index is 419. The van der Waals surface area contributed by atoms with Crippen molar-refractivity contribution in [3.05, 3.63) is 18.2 Å². The molecule has 0 amide bonds. The summed E-state index contributed by atoms with van der Waals surface area (Å²) in [5.74, 6) is 2.58. The van der Waals surface area contributed by atoms with E-state index in [1.165, 1.54) is 25.7 Å². The molecule has 1 aromatic rings. The minimum absolute atomic E-state index is 0.608. The van der Waals surface area contributed by atoms with Gasteiger partial charge in [-0.15, -0.1) is 0 Å². The summed E-state index contributed by atoms with van der Waals surface area (Å²) in [5, 5.41) is 3.63. The van der Waals surface area contributed by atoms with Crippen LogP contribution in [0.5, 0.6) is 11.5 Å². The second-order valence-corrected chi connectivity index (χ2v) is 5.47. The second-order valence-electron chi connectivity index (χ2n) is 5.47. The fourth-order valence-electron chi connectivity index (χ4n) is 2.93. The molecule has 98 valence electrons. The van der Waals surface area contributed by atoms with Crippen molar-refractivity contribution in [2.24, 2.45) is 5.92 Å². The van der Waals surface area contributed by atoms with Crippen LogP contribution in [-0.2, 0) is 0 Å². The number of anilines is 1. The number of ether oxygens (including phenoxy) is 2. The van der Waals surface area contributed by atoms with Gasteiger partial charge in [0.15, 0.2) is 11.5 Å². The average Bonchev–Trinajstić information content (AvgIpc) is 2.39. The molecule has 1 aliphatic heterocycles. The van der Waals surface area contributed by atoms with E-state index in [1.807, 2.05) is 6.07 Å². The van der Waals surface area contributed by atoms with Gasteiger partial charge >= 0.3 is 0 Å². The first-order valence-corrected chi connectivity index (χ1v) is 6.97. The van der Waals surface area contributed by atoms with Gasteiger partial charge in [-0.05, 0) is 30.9 Å². The SMILES string of the molecule is CC1CCCC(Nc2ccc3c(c2)OCCO3)C1. The largest absolute Gasteiger partial charge is 0.486 e. The lowest BCUT2D eigenvalue weighted by molar-refractivity contribution is 0.171. The van der Waals surface area contributed by atoms with Gasteiger partial charge in [0.2, 0.25) is 0 Å². The highest BCUT2D eigenvalue weighted by Gasteiger charge is 2.19. The van der Waals surface area contributed by atoms with Crippen LogP contribution in [0.4, 0.5) is 5.69 Å². The molecule has 1 aromatic carbocycles. The van der Waals surface area contributed by atoms with Crippen LogP contribution >= 0.6 is 0 Å². The van der Waals surface area contributed by atoms with Crippen molar-refractivity contribution in [3.8, 4) is 11.5 Å². The first-order chi connectivity index (χ1) is 8.81. The molecule has 1 N–H and O–H groups in total. The average molecular weight is 247 g/mol. The normalized spacial score (nSPS) is 26.7. The van der Waals surface area contributed by atoms with Crippen molar-refractivity contribution < 1.29 is 9.47 Å². The zero-order valence-electron chi connectivity index (χ0n) is 10.9. The van der Waals surface area contributed by atoms with Crippen LogP contribution in [0.1, 0.15) is 32.6 Å². The van der Waals surface area contributed by atoms with Gasteiger partial charge in [-0.1, -0.05) is 19.8 Å². The first kappa shape index (κ1) is 11.7. The molecule has 1 aliphatic carbocycles. The zero-order chi connectivity index (χ0) is 12.4. The molecule has 2 unspecified atom stereocenters. The summed E-state index contributed by atoms with van der Waals surface area (Å²) in [6, 6.07) is 6.76. The standard InChI is InChI=1S/C15H21NO2/c1-11-3-2-4-12(9-11)16-13-5-6-14-15(10-13)18-8-7-17-14/h5-6,10-12,16H,2-4,7-9H2,1H3. The van der Waals surface area contributed by atoms with E-state index in [0.29, 0.717) is 19.3 Å². The van der Waals surface area contributed by atoms with Crippen LogP contribution < -0.4 is 14.8 Å². The molecule has 18 heavy (non-hydrogen) atoms. The number of nitrogens with one attached hydrogen (secondary N) is 1. The fraction of sp³-hybridized carbons (Fsp3) is 0.600. The van der Waals surface area contributed by atoms with E-state index in [2.05, 4.69) is 24.4 Å². The van der Waals surface area contributed by atoms with E-state index in [0.717, 1.165) is 23.1 Å². The number of fused-ring (bicyclic) bond motifs is 1. The lowest BCUT2D eigenvalue weighted by Gasteiger charge is -2.28. The van der Waals surface area contributed by atoms with Crippen LogP contribution in [0.25, 0.3) is 0 Å². The van der Waals surface area contributed by atoms with E-state index < -0.39 is 0 Å². The van der Waals surface area contributed by atoms with Crippen molar-refractivity contribution in [3.63, 3.8) is 0 Å². The third kappa shape index (κ3) is 2.55. The highest BCUT2D eigenvalue weighted by atomic mass is 16.6. The zero-order valence-corrected chi connectivity index (χ0v) is 10.9. The van der Waals surface area contributed by atoms with E-state index in [9.17, 15) is 0 Å². The molecule has 3 rings (SSSR count). The summed E-state index contributed by atoms with van der Waals surface area (Å²) in [6.45, 7) is 3.65. The molecule has 1 heterocycles. The molecule has 1 fully saturated rings. The Hall–Kier alpha value is -1.38. The topological polar surface area (TPSA) is 30.5 Å². The monoisotopic (exact) mass is 247 g/mol. The lowest BCUT2D eigenvalue weighted by atomic mass is 9.87. The molecule has 0 bridgehead atoms. The molecule has 2 atom stereocenters. The molecular formula is C15H21NO2. The predicted molar refractivity (Wildman–Crippen MR) is 72.5 cm³/mol. The van der Waals surface area contributed by atoms with E-state index in [-0.39, 0.29) is 0 Å². The third-order valence-corrected chi connectivity index (χ3v) is 3.85. The minimum atomic E-state index is 0.608. The van der Waals surface area contributed by atoms with Crippen molar-refractivity contribution in [2.75, 3.05) is 18.5 Å². The van der Waals surface area contributed by atoms with Gasteiger partial charge in [-0.2, -0.15) is 0 Å². The summed E-state index contributed by atoms with van der Waals surface area (Å²) in [4.78, 5) is 0. The molecule has 0 saturated heterocycles. The van der Waals surface area contributed by atoms with Crippen LogP contribution in [0.3, 0.4) is 0 Å². The fourth-order valence-corrected chi connectivity index (χ4v) is 2.93. The summed E-state index contributed by atoms with van der Waals surface area (Å²) in [7, 11) is 0. The number of hydrogen-bond acceptors (Lipinski definition) is 3. The van der Waals surface area contributed by atoms with Crippen molar-refractivity contribution in [2.45, 2.75) is 38.6 Å². The molecule has 3 nitrogen and oxygen atoms in total. The number of hydrogen-bond donors (Lipinski definition) is 1. The van der Waals surface area contributed by atoms with Crippen LogP contribution in [0.2, 0.25) is 0 Å². The van der Waals surface area contributed by atoms with Gasteiger partial charge < -0.3 is 14.8 Å². The summed E-state index contributed by atoms with van der Waals surface area (Å²) < 4.78 is 11.1. The van der Waals surface area contributed by atoms with Gasteiger partial charge in [0.1, 0.15) is 13.2 Å². The first-order valence-electron chi connectivity index (χ1n) is 6.97. The molecule has 0 radical (unpaired) electrons. The second kappa shape index (κ2) is 5.09. The highest BCUT2D eigenvalue weighted by molar-refractivity contribution is 5.55. The van der Waals surface area contributed by atoms with Crippen LogP contribution in [0.15, 0.2) is 18.2 Å².